The average Bonchev–Trinajstić information content (AvgIpc) is 3.33. The number of rotatable bonds is 9. The Hall–Kier alpha value is -4.02. The van der Waals surface area contributed by atoms with Gasteiger partial charge in [0, 0.05) is 42.5 Å². The molecule has 10 heteroatoms. The highest BCUT2D eigenvalue weighted by Crippen LogP contribution is 2.49. The van der Waals surface area contributed by atoms with Crippen LogP contribution in [0.3, 0.4) is 0 Å². The smallest absolute Gasteiger partial charge is 0.416 e. The molecule has 2 N–H and O–H groups in total. The molecular weight excluding hydrogens is 545 g/mol. The highest BCUT2D eigenvalue weighted by molar-refractivity contribution is 5.92. The zero-order chi connectivity index (χ0) is 29.3. The number of piperidine rings is 1. The van der Waals surface area contributed by atoms with E-state index < -0.39 is 23.9 Å². The summed E-state index contributed by atoms with van der Waals surface area (Å²) in [4.78, 5) is 17.9. The number of aliphatic hydroxyl groups excluding tert-OH is 1. The van der Waals surface area contributed by atoms with Gasteiger partial charge in [0.2, 0.25) is 0 Å². The first-order valence-electron chi connectivity index (χ1n) is 14.1. The van der Waals surface area contributed by atoms with Crippen LogP contribution in [0.15, 0.2) is 78.1 Å². The predicted molar refractivity (Wildman–Crippen MR) is 156 cm³/mol. The van der Waals surface area contributed by atoms with Crippen LogP contribution in [0.5, 0.6) is 5.75 Å². The van der Waals surface area contributed by atoms with Gasteiger partial charge < -0.3 is 20.1 Å². The van der Waals surface area contributed by atoms with Crippen LogP contribution < -0.4 is 15.0 Å². The lowest BCUT2D eigenvalue weighted by Gasteiger charge is -2.34. The van der Waals surface area contributed by atoms with Gasteiger partial charge in [-0.25, -0.2) is 0 Å². The summed E-state index contributed by atoms with van der Waals surface area (Å²) in [5.74, 6) is 1.04. The maximum atomic E-state index is 13.1. The Morgan fingerprint density at radius 2 is 1.83 bits per heavy atom. The Morgan fingerprint density at radius 1 is 1.05 bits per heavy atom. The summed E-state index contributed by atoms with van der Waals surface area (Å²) in [6.45, 7) is 2.80. The fraction of sp³-hybridized carbons (Fsp3) is 0.344. The molecule has 1 unspecified atom stereocenters. The Balaban J connectivity index is 0.993. The van der Waals surface area contributed by atoms with Crippen LogP contribution >= 0.6 is 0 Å². The van der Waals surface area contributed by atoms with E-state index in [0.717, 1.165) is 77.9 Å². The van der Waals surface area contributed by atoms with Crippen molar-refractivity contribution in [1.82, 2.24) is 10.3 Å². The van der Waals surface area contributed by atoms with Crippen LogP contribution in [0.25, 0.3) is 22.0 Å². The molecule has 0 saturated carbocycles. The topological polar surface area (TPSA) is 87.0 Å². The monoisotopic (exact) mass is 576 g/mol. The Bertz CT molecular complexity index is 1590. The first-order chi connectivity index (χ1) is 20.3. The molecule has 0 amide bonds. The van der Waals surface area contributed by atoms with Crippen LogP contribution in [0.2, 0.25) is 0 Å². The molecule has 0 spiro atoms. The fourth-order valence-electron chi connectivity index (χ4n) is 6.09. The molecule has 1 aliphatic heterocycles. The second-order valence-corrected chi connectivity index (χ2v) is 10.9. The number of aliphatic hydroxyl groups is 1. The molecule has 2 aliphatic rings. The van der Waals surface area contributed by atoms with Crippen LogP contribution in [0.4, 0.5) is 18.9 Å². The van der Waals surface area contributed by atoms with Crippen molar-refractivity contribution < 1.29 is 23.0 Å². The number of anilines is 1. The van der Waals surface area contributed by atoms with E-state index in [0.29, 0.717) is 23.7 Å². The number of aromatic nitrogens is 1. The van der Waals surface area contributed by atoms with E-state index in [2.05, 4.69) is 20.4 Å². The number of ether oxygens (including phenoxy) is 1. The molecule has 7 nitrogen and oxygen atoms in total. The lowest BCUT2D eigenvalue weighted by Crippen LogP contribution is -2.39. The molecular formula is C32H31F3N4O3. The second-order valence-electron chi connectivity index (χ2n) is 10.9. The minimum Gasteiger partial charge on any atom is -0.490 e. The third-order valence-electron chi connectivity index (χ3n) is 8.23. The quantitative estimate of drug-likeness (QED) is 0.226. The first-order valence-corrected chi connectivity index (χ1v) is 14.1. The zero-order valence-corrected chi connectivity index (χ0v) is 22.8. The van der Waals surface area contributed by atoms with Crippen molar-refractivity contribution in [3.05, 3.63) is 94.5 Å². The molecule has 0 bridgehead atoms. The molecule has 6 rings (SSSR count). The molecule has 1 aliphatic carbocycles. The number of hydrogen-bond donors (Lipinski definition) is 2. The predicted octanol–water partition coefficient (Wildman–Crippen LogP) is 6.34. The molecule has 1 fully saturated rings. The summed E-state index contributed by atoms with van der Waals surface area (Å²) in [5, 5.41) is 18.0. The first kappa shape index (κ1) is 28.1. The Kier molecular flexibility index (Phi) is 7.83. The summed E-state index contributed by atoms with van der Waals surface area (Å²) in [6, 6.07) is 18.3. The van der Waals surface area contributed by atoms with Crippen molar-refractivity contribution in [2.45, 2.75) is 31.2 Å². The van der Waals surface area contributed by atoms with Crippen LogP contribution in [-0.2, 0) is 6.18 Å². The lowest BCUT2D eigenvalue weighted by atomic mass is 9.96. The number of alkyl halides is 3. The SMILES string of the molecule is O=NC1c2ccccc2-c2c(OC[C@@H](O)CNCC3CCN(c4ccnc5cc(C(F)(F)F)ccc45)CC3)cccc21. The lowest BCUT2D eigenvalue weighted by molar-refractivity contribution is -0.137. The van der Waals surface area contributed by atoms with Gasteiger partial charge in [-0.05, 0) is 66.3 Å². The molecule has 2 atom stereocenters. The van der Waals surface area contributed by atoms with E-state index in [9.17, 15) is 23.2 Å². The van der Waals surface area contributed by atoms with Crippen molar-refractivity contribution in [2.75, 3.05) is 37.7 Å². The van der Waals surface area contributed by atoms with Crippen molar-refractivity contribution in [2.24, 2.45) is 11.1 Å². The standard InChI is InChI=1S/C32H31F3N4O3/c33-32(34,35)21-8-9-25-27(16-21)37-13-10-28(25)39-14-11-20(12-15-39)17-36-18-22(40)19-42-29-7-3-6-26-30(29)23-4-1-2-5-24(23)31(26)38-41/h1-10,13,16,20,22,31,36,40H,11-12,14-15,17-19H2/t22-,31?/m0/s1. The van der Waals surface area contributed by atoms with Crippen LogP contribution in [0, 0.1) is 10.8 Å². The van der Waals surface area contributed by atoms with Gasteiger partial charge in [-0.3, -0.25) is 4.98 Å². The van der Waals surface area contributed by atoms with Crippen molar-refractivity contribution >= 4 is 16.6 Å². The maximum Gasteiger partial charge on any atom is 0.416 e. The third-order valence-corrected chi connectivity index (χ3v) is 8.23. The number of hydrogen-bond acceptors (Lipinski definition) is 7. The molecule has 1 saturated heterocycles. The maximum absolute atomic E-state index is 13.1. The summed E-state index contributed by atoms with van der Waals surface area (Å²) in [7, 11) is 0. The minimum absolute atomic E-state index is 0.106. The summed E-state index contributed by atoms with van der Waals surface area (Å²) in [6.07, 6.45) is -1.71. The molecule has 0 radical (unpaired) electrons. The van der Waals surface area contributed by atoms with Crippen molar-refractivity contribution in [3.8, 4) is 16.9 Å². The summed E-state index contributed by atoms with van der Waals surface area (Å²) in [5.41, 5.74) is 4.00. The van der Waals surface area contributed by atoms with E-state index in [-0.39, 0.29) is 6.61 Å². The summed E-state index contributed by atoms with van der Waals surface area (Å²) < 4.78 is 45.4. The highest BCUT2D eigenvalue weighted by Gasteiger charge is 2.32. The highest BCUT2D eigenvalue weighted by atomic mass is 19.4. The molecule has 42 heavy (non-hydrogen) atoms. The number of benzene rings is 3. The van der Waals surface area contributed by atoms with Crippen molar-refractivity contribution in [1.29, 1.82) is 0 Å². The number of nitrogens with zero attached hydrogens (tertiary/aromatic N) is 3. The number of halogens is 3. The second kappa shape index (κ2) is 11.7. The number of nitrogens with one attached hydrogen (secondary N) is 1. The average molecular weight is 577 g/mol. The Labute approximate surface area is 241 Å². The van der Waals surface area contributed by atoms with Gasteiger partial charge in [-0.1, -0.05) is 47.6 Å². The minimum atomic E-state index is -4.40. The number of fused-ring (bicyclic) bond motifs is 4. The Morgan fingerprint density at radius 3 is 2.62 bits per heavy atom. The van der Waals surface area contributed by atoms with Gasteiger partial charge in [0.05, 0.1) is 11.1 Å². The molecule has 3 aromatic carbocycles. The zero-order valence-electron chi connectivity index (χ0n) is 22.8. The molecule has 4 aromatic rings. The fourth-order valence-corrected chi connectivity index (χ4v) is 6.09. The largest absolute Gasteiger partial charge is 0.490 e. The van der Waals surface area contributed by atoms with Gasteiger partial charge in [0.25, 0.3) is 0 Å². The van der Waals surface area contributed by atoms with E-state index >= 15 is 0 Å². The van der Waals surface area contributed by atoms with Gasteiger partial charge in [-0.15, -0.1) is 4.91 Å². The van der Waals surface area contributed by atoms with E-state index in [4.69, 9.17) is 4.74 Å². The normalized spacial score (nSPS) is 17.6. The van der Waals surface area contributed by atoms with E-state index in [1.165, 1.54) is 6.07 Å². The third kappa shape index (κ3) is 5.56. The molecule has 1 aromatic heterocycles. The summed E-state index contributed by atoms with van der Waals surface area (Å²) >= 11 is 0. The van der Waals surface area contributed by atoms with Crippen molar-refractivity contribution in [3.63, 3.8) is 0 Å². The number of pyridine rings is 1. The number of nitroso groups, excluding NO2 is 1. The van der Waals surface area contributed by atoms with Gasteiger partial charge in [-0.2, -0.15) is 13.2 Å². The van der Waals surface area contributed by atoms with Crippen LogP contribution in [-0.4, -0.2) is 49.0 Å². The molecule has 218 valence electrons. The van der Waals surface area contributed by atoms with E-state index in [1.807, 2.05) is 48.5 Å². The van der Waals surface area contributed by atoms with Gasteiger partial charge in [0.1, 0.15) is 24.5 Å². The van der Waals surface area contributed by atoms with Gasteiger partial charge in [0.15, 0.2) is 0 Å². The van der Waals surface area contributed by atoms with Crippen LogP contribution in [0.1, 0.15) is 35.6 Å². The van der Waals surface area contributed by atoms with E-state index in [1.54, 1.807) is 6.20 Å². The van der Waals surface area contributed by atoms with Gasteiger partial charge >= 0.3 is 6.18 Å². The molecule has 2 heterocycles.